The first-order chi connectivity index (χ1) is 13.1. The highest BCUT2D eigenvalue weighted by Gasteiger charge is 2.29. The van der Waals surface area contributed by atoms with E-state index in [0.717, 1.165) is 11.1 Å². The van der Waals surface area contributed by atoms with E-state index in [1.807, 2.05) is 24.3 Å². The predicted octanol–water partition coefficient (Wildman–Crippen LogP) is 2.57. The van der Waals surface area contributed by atoms with Gasteiger partial charge in [-0.3, -0.25) is 14.9 Å². The maximum absolute atomic E-state index is 13.0. The molecule has 27 heavy (non-hydrogen) atoms. The Labute approximate surface area is 160 Å². The molecule has 138 valence electrons. The van der Waals surface area contributed by atoms with Gasteiger partial charge >= 0.3 is 0 Å². The lowest BCUT2D eigenvalue weighted by Gasteiger charge is -2.09. The van der Waals surface area contributed by atoms with E-state index in [1.54, 1.807) is 18.2 Å². The predicted molar refractivity (Wildman–Crippen MR) is 103 cm³/mol. The van der Waals surface area contributed by atoms with Crippen LogP contribution in [-0.4, -0.2) is 34.9 Å². The third-order valence-electron chi connectivity index (χ3n) is 4.77. The first-order valence-electron chi connectivity index (χ1n) is 8.66. The number of fused-ring (bicyclic) bond motifs is 2. The molecule has 0 aliphatic carbocycles. The summed E-state index contributed by atoms with van der Waals surface area (Å²) in [5.74, 6) is -0.435. The Bertz CT molecular complexity index is 1040. The largest absolute Gasteiger partial charge is 0.395 e. The molecule has 2 heterocycles. The summed E-state index contributed by atoms with van der Waals surface area (Å²) >= 11 is 6.40. The fourth-order valence-electron chi connectivity index (χ4n) is 3.43. The molecule has 1 aromatic heterocycles. The van der Waals surface area contributed by atoms with Crippen LogP contribution in [-0.2, 0) is 6.54 Å². The number of aromatic amines is 1. The summed E-state index contributed by atoms with van der Waals surface area (Å²) in [6.07, 6.45) is 0. The smallest absolute Gasteiger partial charge is 0.252 e. The van der Waals surface area contributed by atoms with Crippen LogP contribution >= 0.6 is 11.6 Å². The van der Waals surface area contributed by atoms with Gasteiger partial charge in [-0.15, -0.1) is 0 Å². The highest BCUT2D eigenvalue weighted by Crippen LogP contribution is 2.32. The third-order valence-corrected chi connectivity index (χ3v) is 5.18. The topological polar surface area (TPSA) is 94.2 Å². The third kappa shape index (κ3) is 3.12. The number of aliphatic hydroxyl groups is 1. The lowest BCUT2D eigenvalue weighted by Crippen LogP contribution is -2.26. The van der Waals surface area contributed by atoms with Crippen molar-refractivity contribution >= 4 is 34.2 Å². The SMILES string of the molecule is O=C(NCCO)c1ccc2[nH]c(C(=O)C3NCc4ccccc43)cc2c1Cl. The molecule has 1 aliphatic rings. The zero-order valence-electron chi connectivity index (χ0n) is 14.4. The molecule has 4 N–H and O–H groups in total. The first kappa shape index (κ1) is 17.7. The van der Waals surface area contributed by atoms with Crippen molar-refractivity contribution in [2.45, 2.75) is 12.6 Å². The van der Waals surface area contributed by atoms with Crippen molar-refractivity contribution in [2.24, 2.45) is 0 Å². The zero-order chi connectivity index (χ0) is 19.0. The van der Waals surface area contributed by atoms with Crippen molar-refractivity contribution in [3.05, 3.63) is 69.9 Å². The number of aromatic nitrogens is 1. The van der Waals surface area contributed by atoms with E-state index in [-0.39, 0.29) is 29.9 Å². The van der Waals surface area contributed by atoms with Gasteiger partial charge in [-0.2, -0.15) is 0 Å². The van der Waals surface area contributed by atoms with Gasteiger partial charge in [-0.25, -0.2) is 0 Å². The number of carbonyl (C=O) groups is 2. The summed E-state index contributed by atoms with van der Waals surface area (Å²) in [6.45, 7) is 0.657. The number of Topliss-reactive ketones (excluding diaryl/α,β-unsaturated/α-hetero) is 1. The van der Waals surface area contributed by atoms with E-state index in [2.05, 4.69) is 15.6 Å². The molecule has 4 rings (SSSR count). The number of aliphatic hydroxyl groups excluding tert-OH is 1. The molecule has 0 fully saturated rings. The number of H-pyrrole nitrogens is 1. The summed E-state index contributed by atoms with van der Waals surface area (Å²) in [7, 11) is 0. The molecule has 1 unspecified atom stereocenters. The fraction of sp³-hybridized carbons (Fsp3) is 0.200. The number of carbonyl (C=O) groups excluding carboxylic acids is 2. The average Bonchev–Trinajstić information content (AvgIpc) is 3.30. The summed E-state index contributed by atoms with van der Waals surface area (Å²) < 4.78 is 0. The minimum Gasteiger partial charge on any atom is -0.395 e. The maximum atomic E-state index is 13.0. The maximum Gasteiger partial charge on any atom is 0.252 e. The van der Waals surface area contributed by atoms with E-state index in [4.69, 9.17) is 16.7 Å². The van der Waals surface area contributed by atoms with Crippen LogP contribution < -0.4 is 10.6 Å². The number of hydrogen-bond acceptors (Lipinski definition) is 4. The second-order valence-corrected chi connectivity index (χ2v) is 6.81. The van der Waals surface area contributed by atoms with Gasteiger partial charge in [0.05, 0.1) is 28.9 Å². The monoisotopic (exact) mass is 383 g/mol. The van der Waals surface area contributed by atoms with Gasteiger partial charge < -0.3 is 15.4 Å². The van der Waals surface area contributed by atoms with Gasteiger partial charge in [0.1, 0.15) is 0 Å². The van der Waals surface area contributed by atoms with Crippen molar-refractivity contribution in [3.63, 3.8) is 0 Å². The first-order valence-corrected chi connectivity index (χ1v) is 9.03. The van der Waals surface area contributed by atoms with Crippen LogP contribution in [0, 0.1) is 0 Å². The summed E-state index contributed by atoms with van der Waals surface area (Å²) in [5, 5.41) is 15.6. The molecule has 7 heteroatoms. The molecular formula is C20H18ClN3O3. The molecular weight excluding hydrogens is 366 g/mol. The lowest BCUT2D eigenvalue weighted by atomic mass is 10.0. The number of ketones is 1. The van der Waals surface area contributed by atoms with Gasteiger partial charge in [-0.05, 0) is 29.3 Å². The van der Waals surface area contributed by atoms with Crippen LogP contribution in [0.25, 0.3) is 10.9 Å². The molecule has 0 radical (unpaired) electrons. The Balaban J connectivity index is 1.67. The summed E-state index contributed by atoms with van der Waals surface area (Å²) in [5.41, 5.74) is 3.53. The Kier molecular flexibility index (Phi) is 4.70. The van der Waals surface area contributed by atoms with Crippen LogP contribution in [0.3, 0.4) is 0 Å². The number of amides is 1. The van der Waals surface area contributed by atoms with E-state index < -0.39 is 6.04 Å². The Hall–Kier alpha value is -2.67. The van der Waals surface area contributed by atoms with Crippen LogP contribution in [0.15, 0.2) is 42.5 Å². The van der Waals surface area contributed by atoms with Gasteiger partial charge in [0.15, 0.2) is 5.78 Å². The zero-order valence-corrected chi connectivity index (χ0v) is 15.1. The van der Waals surface area contributed by atoms with Crippen molar-refractivity contribution in [3.8, 4) is 0 Å². The Morgan fingerprint density at radius 2 is 2.04 bits per heavy atom. The second-order valence-electron chi connectivity index (χ2n) is 6.43. The molecule has 0 saturated heterocycles. The van der Waals surface area contributed by atoms with Crippen LogP contribution in [0.1, 0.15) is 38.0 Å². The number of halogens is 1. The van der Waals surface area contributed by atoms with Crippen LogP contribution in [0.5, 0.6) is 0 Å². The minimum atomic E-state index is -0.402. The highest BCUT2D eigenvalue weighted by molar-refractivity contribution is 6.38. The molecule has 0 saturated carbocycles. The van der Waals surface area contributed by atoms with E-state index in [1.165, 1.54) is 0 Å². The molecule has 2 aromatic carbocycles. The average molecular weight is 384 g/mol. The van der Waals surface area contributed by atoms with Gasteiger partial charge in [0.25, 0.3) is 5.91 Å². The van der Waals surface area contributed by atoms with Crippen molar-refractivity contribution < 1.29 is 14.7 Å². The summed E-state index contributed by atoms with van der Waals surface area (Å²) in [6, 6.07) is 12.5. The fourth-order valence-corrected chi connectivity index (χ4v) is 3.73. The molecule has 0 spiro atoms. The quantitative estimate of drug-likeness (QED) is 0.509. The van der Waals surface area contributed by atoms with Gasteiger partial charge in [0.2, 0.25) is 0 Å². The molecule has 1 atom stereocenters. The normalized spacial score (nSPS) is 15.7. The second kappa shape index (κ2) is 7.15. The van der Waals surface area contributed by atoms with E-state index in [0.29, 0.717) is 28.7 Å². The molecule has 1 amide bonds. The Morgan fingerprint density at radius 3 is 2.85 bits per heavy atom. The van der Waals surface area contributed by atoms with Crippen LogP contribution in [0.2, 0.25) is 5.02 Å². The molecule has 0 bridgehead atoms. The van der Waals surface area contributed by atoms with Gasteiger partial charge in [-0.1, -0.05) is 35.9 Å². The molecule has 1 aliphatic heterocycles. The number of hydrogen-bond donors (Lipinski definition) is 4. The molecule has 6 nitrogen and oxygen atoms in total. The molecule has 3 aromatic rings. The van der Waals surface area contributed by atoms with Gasteiger partial charge in [0, 0.05) is 24.0 Å². The highest BCUT2D eigenvalue weighted by atomic mass is 35.5. The van der Waals surface area contributed by atoms with Crippen molar-refractivity contribution in [2.75, 3.05) is 13.2 Å². The lowest BCUT2D eigenvalue weighted by molar-refractivity contribution is 0.0937. The van der Waals surface area contributed by atoms with Crippen molar-refractivity contribution in [1.29, 1.82) is 0 Å². The van der Waals surface area contributed by atoms with E-state index in [9.17, 15) is 9.59 Å². The summed E-state index contributed by atoms with van der Waals surface area (Å²) in [4.78, 5) is 28.3. The minimum absolute atomic E-state index is 0.0708. The van der Waals surface area contributed by atoms with E-state index >= 15 is 0 Å². The van der Waals surface area contributed by atoms with Crippen LogP contribution in [0.4, 0.5) is 0 Å². The Morgan fingerprint density at radius 1 is 1.22 bits per heavy atom. The standard InChI is InChI=1S/C20H18ClN3O3/c21-17-13(20(27)22-7-8-25)5-6-15-14(17)9-16(24-15)19(26)18-12-4-2-1-3-11(12)10-23-18/h1-6,9,18,23-25H,7-8,10H2,(H,22,27). The number of benzene rings is 2. The van der Waals surface area contributed by atoms with Crippen molar-refractivity contribution in [1.82, 2.24) is 15.6 Å². The number of rotatable bonds is 5. The number of nitrogens with one attached hydrogen (secondary N) is 3.